The van der Waals surface area contributed by atoms with Crippen molar-refractivity contribution in [1.82, 2.24) is 10.2 Å². The Morgan fingerprint density at radius 3 is 2.21 bits per heavy atom. The summed E-state index contributed by atoms with van der Waals surface area (Å²) >= 11 is 0.846. The van der Waals surface area contributed by atoms with Gasteiger partial charge in [-0.15, -0.1) is 0 Å². The fourth-order valence-electron chi connectivity index (χ4n) is 3.30. The monoisotopic (exact) mass is 470 g/mol. The van der Waals surface area contributed by atoms with Gasteiger partial charge in [0.2, 0.25) is 5.75 Å². The molecule has 2 aromatic carbocycles. The second-order valence-corrected chi connectivity index (χ2v) is 8.09. The molecule has 1 N–H and O–H groups in total. The Balaban J connectivity index is 1.66. The SMILES string of the molecule is CCc1ccc(C(=O)NCCN2C(=O)SC(=Cc3cc(OC)c(OC)c(OC)c3)C2=O)cc1. The molecule has 3 amide bonds. The van der Waals surface area contributed by atoms with Gasteiger partial charge in [0.05, 0.1) is 26.2 Å². The van der Waals surface area contributed by atoms with E-state index in [2.05, 4.69) is 5.32 Å². The van der Waals surface area contributed by atoms with Gasteiger partial charge in [-0.05, 0) is 59.7 Å². The van der Waals surface area contributed by atoms with Crippen LogP contribution in [0.2, 0.25) is 0 Å². The summed E-state index contributed by atoms with van der Waals surface area (Å²) in [5, 5.41) is 2.36. The summed E-state index contributed by atoms with van der Waals surface area (Å²) in [6, 6.07) is 10.7. The van der Waals surface area contributed by atoms with Crippen molar-refractivity contribution in [3.05, 3.63) is 58.0 Å². The van der Waals surface area contributed by atoms with Crippen LogP contribution in [0.3, 0.4) is 0 Å². The molecule has 1 heterocycles. The highest BCUT2D eigenvalue weighted by atomic mass is 32.2. The van der Waals surface area contributed by atoms with Crippen molar-refractivity contribution in [2.45, 2.75) is 13.3 Å². The number of methoxy groups -OCH3 is 3. The van der Waals surface area contributed by atoms with E-state index in [9.17, 15) is 14.4 Å². The molecule has 0 aliphatic carbocycles. The molecule has 0 spiro atoms. The second kappa shape index (κ2) is 10.9. The van der Waals surface area contributed by atoms with Crippen molar-refractivity contribution >= 4 is 34.9 Å². The first-order chi connectivity index (χ1) is 15.9. The van der Waals surface area contributed by atoms with Crippen LogP contribution < -0.4 is 19.5 Å². The highest BCUT2D eigenvalue weighted by molar-refractivity contribution is 8.18. The van der Waals surface area contributed by atoms with E-state index in [1.807, 2.05) is 19.1 Å². The summed E-state index contributed by atoms with van der Waals surface area (Å²) in [7, 11) is 4.51. The van der Waals surface area contributed by atoms with Crippen LogP contribution in [0.5, 0.6) is 17.2 Å². The van der Waals surface area contributed by atoms with Crippen LogP contribution >= 0.6 is 11.8 Å². The van der Waals surface area contributed by atoms with Crippen LogP contribution in [0.4, 0.5) is 4.79 Å². The van der Waals surface area contributed by atoms with E-state index in [4.69, 9.17) is 14.2 Å². The van der Waals surface area contributed by atoms with E-state index in [0.29, 0.717) is 28.4 Å². The lowest BCUT2D eigenvalue weighted by Gasteiger charge is -2.13. The van der Waals surface area contributed by atoms with Crippen LogP contribution in [-0.2, 0) is 11.2 Å². The van der Waals surface area contributed by atoms with Gasteiger partial charge in [0.1, 0.15) is 0 Å². The molecular weight excluding hydrogens is 444 g/mol. The van der Waals surface area contributed by atoms with Gasteiger partial charge in [0.15, 0.2) is 11.5 Å². The fourth-order valence-corrected chi connectivity index (χ4v) is 4.17. The minimum Gasteiger partial charge on any atom is -0.493 e. The summed E-state index contributed by atoms with van der Waals surface area (Å²) in [5.41, 5.74) is 2.30. The van der Waals surface area contributed by atoms with E-state index < -0.39 is 5.91 Å². The lowest BCUT2D eigenvalue weighted by atomic mass is 10.1. The number of imide groups is 1. The predicted octanol–water partition coefficient (Wildman–Crippen LogP) is 3.74. The van der Waals surface area contributed by atoms with Gasteiger partial charge in [-0.2, -0.15) is 0 Å². The van der Waals surface area contributed by atoms with Gasteiger partial charge < -0.3 is 19.5 Å². The van der Waals surface area contributed by atoms with E-state index in [1.54, 1.807) is 30.3 Å². The third kappa shape index (κ3) is 5.48. The number of benzene rings is 2. The maximum absolute atomic E-state index is 12.8. The zero-order chi connectivity index (χ0) is 24.0. The van der Waals surface area contributed by atoms with Crippen molar-refractivity contribution < 1.29 is 28.6 Å². The van der Waals surface area contributed by atoms with Crippen molar-refractivity contribution in [2.75, 3.05) is 34.4 Å². The average Bonchev–Trinajstić information content (AvgIpc) is 3.10. The highest BCUT2D eigenvalue weighted by Crippen LogP contribution is 2.40. The number of amides is 3. The fraction of sp³-hybridized carbons (Fsp3) is 0.292. The minimum atomic E-state index is -0.416. The molecule has 9 heteroatoms. The van der Waals surface area contributed by atoms with Gasteiger partial charge >= 0.3 is 0 Å². The van der Waals surface area contributed by atoms with Gasteiger partial charge in [-0.1, -0.05) is 19.1 Å². The lowest BCUT2D eigenvalue weighted by Crippen LogP contribution is -2.37. The first kappa shape index (κ1) is 24.2. The molecule has 0 radical (unpaired) electrons. The summed E-state index contributed by atoms with van der Waals surface area (Å²) in [6.07, 6.45) is 2.49. The highest BCUT2D eigenvalue weighted by Gasteiger charge is 2.34. The molecule has 33 heavy (non-hydrogen) atoms. The molecule has 8 nitrogen and oxygen atoms in total. The maximum atomic E-state index is 12.8. The normalized spacial score (nSPS) is 14.5. The number of nitrogens with zero attached hydrogens (tertiary/aromatic N) is 1. The van der Waals surface area contributed by atoms with Gasteiger partial charge in [0, 0.05) is 18.7 Å². The molecule has 3 rings (SSSR count). The summed E-state index contributed by atoms with van der Waals surface area (Å²) in [5.74, 6) is 0.650. The Labute approximate surface area is 196 Å². The number of rotatable bonds is 9. The molecule has 2 aromatic rings. The Morgan fingerprint density at radius 2 is 1.67 bits per heavy atom. The molecule has 1 fully saturated rings. The summed E-state index contributed by atoms with van der Waals surface area (Å²) in [6.45, 7) is 2.28. The zero-order valence-corrected chi connectivity index (χ0v) is 19.8. The molecule has 174 valence electrons. The Morgan fingerprint density at radius 1 is 1.03 bits per heavy atom. The van der Waals surface area contributed by atoms with Crippen LogP contribution in [0.15, 0.2) is 41.3 Å². The number of carbonyl (C=O) groups is 3. The lowest BCUT2D eigenvalue weighted by molar-refractivity contribution is -0.122. The second-order valence-electron chi connectivity index (χ2n) is 7.10. The minimum absolute atomic E-state index is 0.0794. The zero-order valence-electron chi connectivity index (χ0n) is 19.0. The van der Waals surface area contributed by atoms with Gasteiger partial charge in [0.25, 0.3) is 17.1 Å². The number of aryl methyl sites for hydroxylation is 1. The van der Waals surface area contributed by atoms with Crippen molar-refractivity contribution in [3.63, 3.8) is 0 Å². The first-order valence-corrected chi connectivity index (χ1v) is 11.2. The quantitative estimate of drug-likeness (QED) is 0.558. The number of thioether (sulfide) groups is 1. The molecule has 0 bridgehead atoms. The maximum Gasteiger partial charge on any atom is 0.293 e. The summed E-state index contributed by atoms with van der Waals surface area (Å²) < 4.78 is 16.0. The molecule has 0 aromatic heterocycles. The molecule has 1 aliphatic rings. The Bertz CT molecular complexity index is 1060. The Kier molecular flexibility index (Phi) is 8.00. The number of ether oxygens (including phenoxy) is 3. The average molecular weight is 471 g/mol. The largest absolute Gasteiger partial charge is 0.493 e. The number of hydrogen-bond acceptors (Lipinski definition) is 7. The van der Waals surface area contributed by atoms with Gasteiger partial charge in [-0.25, -0.2) is 0 Å². The van der Waals surface area contributed by atoms with E-state index in [1.165, 1.54) is 21.3 Å². The summed E-state index contributed by atoms with van der Waals surface area (Å²) in [4.78, 5) is 38.9. The molecular formula is C24H26N2O6S. The van der Waals surface area contributed by atoms with Gasteiger partial charge in [-0.3, -0.25) is 19.3 Å². The van der Waals surface area contributed by atoms with Crippen LogP contribution in [0.25, 0.3) is 6.08 Å². The molecule has 0 saturated carbocycles. The van der Waals surface area contributed by atoms with Crippen molar-refractivity contribution in [1.29, 1.82) is 0 Å². The van der Waals surface area contributed by atoms with Crippen molar-refractivity contribution in [2.24, 2.45) is 0 Å². The molecule has 1 saturated heterocycles. The smallest absolute Gasteiger partial charge is 0.293 e. The topological polar surface area (TPSA) is 94.2 Å². The molecule has 0 unspecified atom stereocenters. The first-order valence-electron chi connectivity index (χ1n) is 10.3. The van der Waals surface area contributed by atoms with Crippen LogP contribution in [-0.4, -0.2) is 56.4 Å². The third-order valence-electron chi connectivity index (χ3n) is 5.10. The number of carbonyl (C=O) groups excluding carboxylic acids is 3. The van der Waals surface area contributed by atoms with Crippen molar-refractivity contribution in [3.8, 4) is 17.2 Å². The van der Waals surface area contributed by atoms with Crippen LogP contribution in [0.1, 0.15) is 28.4 Å². The predicted molar refractivity (Wildman–Crippen MR) is 127 cm³/mol. The van der Waals surface area contributed by atoms with E-state index in [0.717, 1.165) is 28.6 Å². The molecule has 1 aliphatic heterocycles. The van der Waals surface area contributed by atoms with E-state index >= 15 is 0 Å². The van der Waals surface area contributed by atoms with Crippen LogP contribution in [0, 0.1) is 0 Å². The standard InChI is InChI=1S/C24H26N2O6S/c1-5-15-6-8-17(9-7-15)22(27)25-10-11-26-23(28)20(33-24(26)29)14-16-12-18(30-2)21(32-4)19(13-16)31-3/h6-9,12-14H,5,10-11H2,1-4H3,(H,25,27). The molecule has 0 atom stereocenters. The Hall–Kier alpha value is -3.46. The number of nitrogens with one attached hydrogen (secondary N) is 1. The van der Waals surface area contributed by atoms with E-state index in [-0.39, 0.29) is 29.1 Å². The number of hydrogen-bond donors (Lipinski definition) is 1. The third-order valence-corrected chi connectivity index (χ3v) is 6.01.